The SMILES string of the molecule is CCCCCCCCCCCCCCCCCCNC(=O)CCSc1nc2ccccc2s1. The van der Waals surface area contributed by atoms with Gasteiger partial charge in [0.15, 0.2) is 4.34 Å². The van der Waals surface area contributed by atoms with Crippen LogP contribution in [0.25, 0.3) is 10.2 Å². The van der Waals surface area contributed by atoms with Crippen LogP contribution in [0, 0.1) is 0 Å². The van der Waals surface area contributed by atoms with E-state index in [-0.39, 0.29) is 5.91 Å². The first-order valence-electron chi connectivity index (χ1n) is 13.5. The number of rotatable bonds is 21. The lowest BCUT2D eigenvalue weighted by Crippen LogP contribution is -2.24. The minimum absolute atomic E-state index is 0.171. The average molecular weight is 491 g/mol. The molecule has 0 fully saturated rings. The van der Waals surface area contributed by atoms with Gasteiger partial charge in [-0.05, 0) is 18.6 Å². The molecule has 1 amide bonds. The number of hydrogen-bond acceptors (Lipinski definition) is 4. The fourth-order valence-electron chi connectivity index (χ4n) is 4.13. The van der Waals surface area contributed by atoms with Crippen LogP contribution in [-0.2, 0) is 4.79 Å². The Balaban J connectivity index is 1.30. The van der Waals surface area contributed by atoms with E-state index in [0.717, 1.165) is 28.6 Å². The zero-order valence-corrected chi connectivity index (χ0v) is 22.5. The van der Waals surface area contributed by atoms with Crippen molar-refractivity contribution in [3.63, 3.8) is 0 Å². The van der Waals surface area contributed by atoms with Crippen molar-refractivity contribution in [3.05, 3.63) is 24.3 Å². The van der Waals surface area contributed by atoms with Gasteiger partial charge >= 0.3 is 0 Å². The second-order valence-corrected chi connectivity index (χ2v) is 11.6. The number of nitrogens with one attached hydrogen (secondary N) is 1. The molecule has 2 rings (SSSR count). The van der Waals surface area contributed by atoms with Crippen LogP contribution in [0.1, 0.15) is 116 Å². The van der Waals surface area contributed by atoms with E-state index in [4.69, 9.17) is 0 Å². The van der Waals surface area contributed by atoms with Gasteiger partial charge in [-0.2, -0.15) is 0 Å². The molecule has 1 heterocycles. The maximum absolute atomic E-state index is 12.0. The second-order valence-electron chi connectivity index (χ2n) is 9.20. The Morgan fingerprint density at radius 3 is 1.94 bits per heavy atom. The Morgan fingerprint density at radius 2 is 1.36 bits per heavy atom. The predicted molar refractivity (Wildman–Crippen MR) is 148 cm³/mol. The van der Waals surface area contributed by atoms with Gasteiger partial charge in [-0.3, -0.25) is 4.79 Å². The molecular formula is C28H46N2OS2. The molecule has 33 heavy (non-hydrogen) atoms. The van der Waals surface area contributed by atoms with Crippen molar-refractivity contribution in [3.8, 4) is 0 Å². The van der Waals surface area contributed by atoms with Crippen molar-refractivity contribution < 1.29 is 4.79 Å². The summed E-state index contributed by atoms with van der Waals surface area (Å²) >= 11 is 3.40. The van der Waals surface area contributed by atoms with E-state index in [1.54, 1.807) is 23.1 Å². The topological polar surface area (TPSA) is 42.0 Å². The lowest BCUT2D eigenvalue weighted by Gasteiger charge is -2.05. The maximum atomic E-state index is 12.0. The van der Waals surface area contributed by atoms with Crippen molar-refractivity contribution in [2.75, 3.05) is 12.3 Å². The first-order chi connectivity index (χ1) is 16.3. The molecule has 0 saturated heterocycles. The van der Waals surface area contributed by atoms with Gasteiger partial charge < -0.3 is 5.32 Å². The Morgan fingerprint density at radius 1 is 0.818 bits per heavy atom. The third-order valence-corrected chi connectivity index (χ3v) is 8.36. The Bertz CT molecular complexity index is 713. The number of unbranched alkanes of at least 4 members (excludes halogenated alkanes) is 15. The van der Waals surface area contributed by atoms with Crippen LogP contribution in [0.5, 0.6) is 0 Å². The highest BCUT2D eigenvalue weighted by Crippen LogP contribution is 2.29. The lowest BCUT2D eigenvalue weighted by atomic mass is 10.0. The molecule has 0 bridgehead atoms. The summed E-state index contributed by atoms with van der Waals surface area (Å²) in [6.07, 6.45) is 22.6. The first kappa shape index (κ1) is 28.2. The van der Waals surface area contributed by atoms with Gasteiger partial charge in [-0.15, -0.1) is 11.3 Å². The highest BCUT2D eigenvalue weighted by Gasteiger charge is 2.06. The van der Waals surface area contributed by atoms with E-state index in [0.29, 0.717) is 6.42 Å². The van der Waals surface area contributed by atoms with Crippen molar-refractivity contribution >= 4 is 39.2 Å². The van der Waals surface area contributed by atoms with Gasteiger partial charge in [0.05, 0.1) is 10.2 Å². The molecule has 0 saturated carbocycles. The number of aromatic nitrogens is 1. The number of thiazole rings is 1. The van der Waals surface area contributed by atoms with E-state index in [2.05, 4.69) is 23.3 Å². The highest BCUT2D eigenvalue weighted by atomic mass is 32.2. The molecule has 3 nitrogen and oxygen atoms in total. The molecule has 0 radical (unpaired) electrons. The van der Waals surface area contributed by atoms with E-state index >= 15 is 0 Å². The molecule has 1 aromatic carbocycles. The Hall–Kier alpha value is -1.07. The second kappa shape index (κ2) is 19.3. The van der Waals surface area contributed by atoms with Crippen LogP contribution >= 0.6 is 23.1 Å². The van der Waals surface area contributed by atoms with E-state index in [1.165, 1.54) is 101 Å². The van der Waals surface area contributed by atoms with Crippen LogP contribution < -0.4 is 5.32 Å². The molecule has 1 N–H and O–H groups in total. The fraction of sp³-hybridized carbons (Fsp3) is 0.714. The summed E-state index contributed by atoms with van der Waals surface area (Å²) < 4.78 is 2.27. The number of carbonyl (C=O) groups excluding carboxylic acids is 1. The zero-order chi connectivity index (χ0) is 23.4. The summed E-state index contributed by atoms with van der Waals surface area (Å²) in [5.74, 6) is 0.967. The summed E-state index contributed by atoms with van der Waals surface area (Å²) in [5, 5.41) is 3.08. The highest BCUT2D eigenvalue weighted by molar-refractivity contribution is 8.01. The molecule has 5 heteroatoms. The minimum atomic E-state index is 0.171. The summed E-state index contributed by atoms with van der Waals surface area (Å²) in [5.41, 5.74) is 1.05. The van der Waals surface area contributed by atoms with Gasteiger partial charge in [0, 0.05) is 18.7 Å². The molecule has 0 unspecified atom stereocenters. The third-order valence-electron chi connectivity index (χ3n) is 6.18. The standard InChI is InChI=1S/C28H46N2OS2/c1-2-3-4-5-6-7-8-9-10-11-12-13-14-15-16-19-23-29-27(31)22-24-32-28-30-25-20-17-18-21-26(25)33-28/h17-18,20-21H,2-16,19,22-24H2,1H3,(H,29,31). The van der Waals surface area contributed by atoms with Crippen LogP contribution in [-0.4, -0.2) is 23.2 Å². The average Bonchev–Trinajstić information content (AvgIpc) is 3.24. The number of benzene rings is 1. The smallest absolute Gasteiger partial charge is 0.220 e. The monoisotopic (exact) mass is 490 g/mol. The molecule has 0 aliphatic carbocycles. The number of thioether (sulfide) groups is 1. The van der Waals surface area contributed by atoms with E-state index < -0.39 is 0 Å². The minimum Gasteiger partial charge on any atom is -0.356 e. The van der Waals surface area contributed by atoms with Crippen LogP contribution in [0.3, 0.4) is 0 Å². The number of nitrogens with zero attached hydrogens (tertiary/aromatic N) is 1. The molecule has 0 aliphatic rings. The Kier molecular flexibility index (Phi) is 16.4. The van der Waals surface area contributed by atoms with Crippen molar-refractivity contribution in [1.29, 1.82) is 0 Å². The molecular weight excluding hydrogens is 444 g/mol. The van der Waals surface area contributed by atoms with Crippen molar-refractivity contribution in [1.82, 2.24) is 10.3 Å². The summed E-state index contributed by atoms with van der Waals surface area (Å²) in [4.78, 5) is 16.6. The number of amides is 1. The number of carbonyl (C=O) groups is 1. The molecule has 0 atom stereocenters. The van der Waals surface area contributed by atoms with Gasteiger partial charge in [-0.25, -0.2) is 4.98 Å². The van der Waals surface area contributed by atoms with Crippen LogP contribution in [0.15, 0.2) is 28.6 Å². The normalized spacial score (nSPS) is 11.3. The van der Waals surface area contributed by atoms with Crippen LogP contribution in [0.2, 0.25) is 0 Å². The zero-order valence-electron chi connectivity index (χ0n) is 20.9. The van der Waals surface area contributed by atoms with Crippen molar-refractivity contribution in [2.24, 2.45) is 0 Å². The fourth-order valence-corrected chi connectivity index (χ4v) is 6.21. The number of para-hydroxylation sites is 1. The maximum Gasteiger partial charge on any atom is 0.220 e. The Labute approximate surface area is 210 Å². The summed E-state index contributed by atoms with van der Waals surface area (Å²) in [7, 11) is 0. The lowest BCUT2D eigenvalue weighted by molar-refractivity contribution is -0.120. The van der Waals surface area contributed by atoms with Gasteiger partial charge in [0.25, 0.3) is 0 Å². The van der Waals surface area contributed by atoms with Gasteiger partial charge in [0.1, 0.15) is 0 Å². The first-order valence-corrected chi connectivity index (χ1v) is 15.3. The van der Waals surface area contributed by atoms with Crippen molar-refractivity contribution in [2.45, 2.75) is 120 Å². The van der Waals surface area contributed by atoms with E-state index in [1.807, 2.05) is 18.2 Å². The molecule has 0 spiro atoms. The van der Waals surface area contributed by atoms with Crippen LogP contribution in [0.4, 0.5) is 0 Å². The quantitative estimate of drug-likeness (QED) is 0.140. The predicted octanol–water partition coefficient (Wildman–Crippen LogP) is 9.16. The summed E-state index contributed by atoms with van der Waals surface area (Å²) in [6.45, 7) is 3.11. The summed E-state index contributed by atoms with van der Waals surface area (Å²) in [6, 6.07) is 8.20. The van der Waals surface area contributed by atoms with Gasteiger partial charge in [0.2, 0.25) is 5.91 Å². The molecule has 1 aromatic heterocycles. The molecule has 0 aliphatic heterocycles. The molecule has 2 aromatic rings. The van der Waals surface area contributed by atoms with E-state index in [9.17, 15) is 4.79 Å². The largest absolute Gasteiger partial charge is 0.356 e. The number of fused-ring (bicyclic) bond motifs is 1. The molecule has 186 valence electrons. The number of hydrogen-bond donors (Lipinski definition) is 1. The van der Waals surface area contributed by atoms with Gasteiger partial charge in [-0.1, -0.05) is 127 Å². The third kappa shape index (κ3) is 14.0.